The smallest absolute Gasteiger partial charge is 0.251 e. The summed E-state index contributed by atoms with van der Waals surface area (Å²) >= 11 is 0. The molecule has 1 unspecified atom stereocenters. The molecule has 1 aliphatic carbocycles. The number of nitrogens with one attached hydrogen (secondary N) is 2. The zero-order chi connectivity index (χ0) is 24.1. The molecular formula is C22H35FN4O4S. The number of carbonyl (C=O) groups excluding carboxylic acids is 2. The Kier molecular flexibility index (Phi) is 8.78. The van der Waals surface area contributed by atoms with Crippen molar-refractivity contribution in [2.75, 3.05) is 27.2 Å². The van der Waals surface area contributed by atoms with Crippen molar-refractivity contribution in [2.45, 2.75) is 56.9 Å². The molecule has 1 fully saturated rings. The Morgan fingerprint density at radius 1 is 1.19 bits per heavy atom. The minimum Gasteiger partial charge on any atom is -0.354 e. The van der Waals surface area contributed by atoms with E-state index in [0.717, 1.165) is 50.3 Å². The van der Waals surface area contributed by atoms with Crippen LogP contribution >= 0.6 is 0 Å². The van der Waals surface area contributed by atoms with Crippen molar-refractivity contribution in [3.8, 4) is 0 Å². The SMILES string of the molecule is CN(C)CC(C)(C)C(=O)NCC(NC(=O)c1cc(F)cc(S(N)(=O)=O)c1)C1CCCCC1. The molecule has 0 spiro atoms. The Hall–Kier alpha value is -2.04. The summed E-state index contributed by atoms with van der Waals surface area (Å²) in [4.78, 5) is 27.1. The van der Waals surface area contributed by atoms with E-state index in [-0.39, 0.29) is 30.0 Å². The summed E-state index contributed by atoms with van der Waals surface area (Å²) in [7, 11) is -0.364. The van der Waals surface area contributed by atoms with E-state index in [1.165, 1.54) is 0 Å². The van der Waals surface area contributed by atoms with E-state index in [2.05, 4.69) is 10.6 Å². The van der Waals surface area contributed by atoms with Gasteiger partial charge in [-0.05, 0) is 64.9 Å². The average molecular weight is 471 g/mol. The third-order valence-corrected chi connectivity index (χ3v) is 6.70. The molecule has 4 N–H and O–H groups in total. The van der Waals surface area contributed by atoms with Gasteiger partial charge in [-0.25, -0.2) is 17.9 Å². The van der Waals surface area contributed by atoms with Crippen molar-refractivity contribution in [2.24, 2.45) is 16.5 Å². The Balaban J connectivity index is 2.18. The van der Waals surface area contributed by atoms with Crippen LogP contribution in [0.4, 0.5) is 4.39 Å². The van der Waals surface area contributed by atoms with E-state index in [9.17, 15) is 22.4 Å². The molecule has 32 heavy (non-hydrogen) atoms. The summed E-state index contributed by atoms with van der Waals surface area (Å²) in [5, 5.41) is 10.9. The number of amides is 2. The highest BCUT2D eigenvalue weighted by molar-refractivity contribution is 7.89. The molecule has 180 valence electrons. The van der Waals surface area contributed by atoms with Crippen LogP contribution in [0.1, 0.15) is 56.3 Å². The van der Waals surface area contributed by atoms with E-state index in [1.807, 2.05) is 32.8 Å². The molecule has 2 rings (SSSR count). The van der Waals surface area contributed by atoms with Crippen LogP contribution in [0, 0.1) is 17.2 Å². The lowest BCUT2D eigenvalue weighted by atomic mass is 9.83. The van der Waals surface area contributed by atoms with Crippen LogP contribution in [0.15, 0.2) is 23.1 Å². The van der Waals surface area contributed by atoms with Gasteiger partial charge in [0.05, 0.1) is 10.3 Å². The second-order valence-corrected chi connectivity index (χ2v) is 11.1. The fourth-order valence-electron chi connectivity index (χ4n) is 4.29. The number of benzene rings is 1. The molecule has 1 aromatic rings. The average Bonchev–Trinajstić information content (AvgIpc) is 2.69. The zero-order valence-corrected chi connectivity index (χ0v) is 20.1. The van der Waals surface area contributed by atoms with Gasteiger partial charge in [-0.1, -0.05) is 19.3 Å². The molecule has 1 atom stereocenters. The van der Waals surface area contributed by atoms with Gasteiger partial charge in [0.15, 0.2) is 0 Å². The van der Waals surface area contributed by atoms with Crippen molar-refractivity contribution in [1.29, 1.82) is 0 Å². The highest BCUT2D eigenvalue weighted by Crippen LogP contribution is 2.27. The molecule has 0 saturated heterocycles. The van der Waals surface area contributed by atoms with E-state index >= 15 is 0 Å². The van der Waals surface area contributed by atoms with Gasteiger partial charge < -0.3 is 15.5 Å². The van der Waals surface area contributed by atoms with Crippen LogP contribution in [0.25, 0.3) is 0 Å². The molecule has 1 aromatic carbocycles. The van der Waals surface area contributed by atoms with Crippen LogP contribution in [-0.2, 0) is 14.8 Å². The van der Waals surface area contributed by atoms with Gasteiger partial charge >= 0.3 is 0 Å². The van der Waals surface area contributed by atoms with Crippen LogP contribution in [0.3, 0.4) is 0 Å². The quantitative estimate of drug-likeness (QED) is 0.509. The number of hydrogen-bond acceptors (Lipinski definition) is 5. The number of primary sulfonamides is 1. The predicted octanol–water partition coefficient (Wildman–Crippen LogP) is 1.86. The van der Waals surface area contributed by atoms with Gasteiger partial charge in [0, 0.05) is 24.7 Å². The topological polar surface area (TPSA) is 122 Å². The number of rotatable bonds is 9. The van der Waals surface area contributed by atoms with Gasteiger partial charge in [-0.15, -0.1) is 0 Å². The fourth-order valence-corrected chi connectivity index (χ4v) is 4.85. The summed E-state index contributed by atoms with van der Waals surface area (Å²) in [6.45, 7) is 4.53. The maximum absolute atomic E-state index is 13.9. The van der Waals surface area contributed by atoms with Gasteiger partial charge in [-0.3, -0.25) is 9.59 Å². The van der Waals surface area contributed by atoms with Gasteiger partial charge in [0.2, 0.25) is 15.9 Å². The number of sulfonamides is 1. The lowest BCUT2D eigenvalue weighted by Crippen LogP contribution is -2.51. The first-order chi connectivity index (χ1) is 14.8. The Morgan fingerprint density at radius 3 is 2.38 bits per heavy atom. The van der Waals surface area contributed by atoms with Crippen LogP contribution in [0.5, 0.6) is 0 Å². The normalized spacial score (nSPS) is 16.6. The van der Waals surface area contributed by atoms with Crippen molar-refractivity contribution < 1.29 is 22.4 Å². The van der Waals surface area contributed by atoms with Crippen LogP contribution in [-0.4, -0.2) is 58.4 Å². The first kappa shape index (κ1) is 26.2. The predicted molar refractivity (Wildman–Crippen MR) is 121 cm³/mol. The lowest BCUT2D eigenvalue weighted by Gasteiger charge is -2.33. The largest absolute Gasteiger partial charge is 0.354 e. The summed E-state index contributed by atoms with van der Waals surface area (Å²) in [6.07, 6.45) is 5.02. The fraction of sp³-hybridized carbons (Fsp3) is 0.636. The van der Waals surface area contributed by atoms with E-state index in [1.54, 1.807) is 0 Å². The van der Waals surface area contributed by atoms with Crippen LogP contribution in [0.2, 0.25) is 0 Å². The molecule has 0 heterocycles. The standard InChI is InChI=1S/C22H35FN4O4S/c1-22(2,14-27(3)4)21(29)25-13-19(15-8-6-5-7-9-15)26-20(28)16-10-17(23)12-18(11-16)32(24,30)31/h10-12,15,19H,5-9,13-14H2,1-4H3,(H,25,29)(H,26,28)(H2,24,30,31). The van der Waals surface area contributed by atoms with E-state index in [4.69, 9.17) is 5.14 Å². The lowest BCUT2D eigenvalue weighted by molar-refractivity contribution is -0.130. The Labute approximate surface area is 190 Å². The van der Waals surface area contributed by atoms with Gasteiger partial charge in [-0.2, -0.15) is 0 Å². The third kappa shape index (κ3) is 7.53. The number of nitrogens with zero attached hydrogens (tertiary/aromatic N) is 1. The molecular weight excluding hydrogens is 435 g/mol. The molecule has 10 heteroatoms. The minimum absolute atomic E-state index is 0.122. The number of carbonyl (C=O) groups is 2. The monoisotopic (exact) mass is 470 g/mol. The summed E-state index contributed by atoms with van der Waals surface area (Å²) < 4.78 is 37.2. The van der Waals surface area contributed by atoms with Gasteiger partial charge in [0.25, 0.3) is 5.91 Å². The Morgan fingerprint density at radius 2 is 1.81 bits per heavy atom. The van der Waals surface area contributed by atoms with E-state index in [0.29, 0.717) is 6.54 Å². The molecule has 0 aromatic heterocycles. The van der Waals surface area contributed by atoms with Crippen LogP contribution < -0.4 is 15.8 Å². The summed E-state index contributed by atoms with van der Waals surface area (Å²) in [6, 6.07) is 2.45. The highest BCUT2D eigenvalue weighted by atomic mass is 32.2. The number of nitrogens with two attached hydrogens (primary N) is 1. The second-order valence-electron chi connectivity index (χ2n) is 9.53. The number of halogens is 1. The Bertz CT molecular complexity index is 928. The maximum Gasteiger partial charge on any atom is 0.251 e. The van der Waals surface area contributed by atoms with Crippen molar-refractivity contribution in [3.63, 3.8) is 0 Å². The summed E-state index contributed by atoms with van der Waals surface area (Å²) in [5.41, 5.74) is -0.744. The third-order valence-electron chi connectivity index (χ3n) is 5.81. The molecule has 0 aliphatic heterocycles. The zero-order valence-electron chi connectivity index (χ0n) is 19.3. The molecule has 0 bridgehead atoms. The van der Waals surface area contributed by atoms with E-state index < -0.39 is 32.1 Å². The summed E-state index contributed by atoms with van der Waals surface area (Å²) in [5.74, 6) is -1.43. The molecule has 8 nitrogen and oxygen atoms in total. The first-order valence-corrected chi connectivity index (χ1v) is 12.4. The van der Waals surface area contributed by atoms with Gasteiger partial charge in [0.1, 0.15) is 5.82 Å². The molecule has 1 aliphatic rings. The minimum atomic E-state index is -4.16. The molecule has 0 radical (unpaired) electrons. The molecule has 1 saturated carbocycles. The van der Waals surface area contributed by atoms with Crippen molar-refractivity contribution in [1.82, 2.24) is 15.5 Å². The maximum atomic E-state index is 13.9. The van der Waals surface area contributed by atoms with Crippen molar-refractivity contribution in [3.05, 3.63) is 29.6 Å². The highest BCUT2D eigenvalue weighted by Gasteiger charge is 2.31. The number of hydrogen-bond donors (Lipinski definition) is 3. The second kappa shape index (κ2) is 10.7. The molecule has 2 amide bonds. The van der Waals surface area contributed by atoms with Crippen molar-refractivity contribution >= 4 is 21.8 Å². The first-order valence-electron chi connectivity index (χ1n) is 10.9.